The first-order valence-corrected chi connectivity index (χ1v) is 2.80. The molecule has 0 rings (SSSR count). The van der Waals surface area contributed by atoms with E-state index in [1.165, 1.54) is 6.92 Å². The minimum Gasteiger partial charge on any atom is -0.393 e. The zero-order chi connectivity index (χ0) is 6.57. The van der Waals surface area contributed by atoms with Crippen molar-refractivity contribution in [2.75, 3.05) is 0 Å². The molecule has 48 valence electrons. The molecule has 8 heavy (non-hydrogen) atoms. The fourth-order valence-electron chi connectivity index (χ4n) is 0.412. The second-order valence-corrected chi connectivity index (χ2v) is 2.09. The molecule has 2 heteroatoms. The summed E-state index contributed by atoms with van der Waals surface area (Å²) in [5.74, 6) is 0.144. The number of hydrogen-bond donors (Lipinski definition) is 1. The number of carbonyl (C=O) groups is 1. The van der Waals surface area contributed by atoms with Crippen LogP contribution in [0.1, 0.15) is 26.7 Å². The highest BCUT2D eigenvalue weighted by Crippen LogP contribution is 1.94. The molecule has 0 aromatic carbocycles. The molecule has 0 aliphatic rings. The van der Waals surface area contributed by atoms with Crippen LogP contribution in [-0.2, 0) is 4.79 Å². The van der Waals surface area contributed by atoms with Crippen molar-refractivity contribution in [1.29, 1.82) is 0 Å². The molecule has 0 spiro atoms. The number of rotatable bonds is 3. The predicted molar refractivity (Wildman–Crippen MR) is 31.6 cm³/mol. The number of carbonyl (C=O) groups excluding carboxylic acids is 1. The van der Waals surface area contributed by atoms with Crippen LogP contribution in [0, 0.1) is 0 Å². The minimum atomic E-state index is -0.334. The van der Waals surface area contributed by atoms with Gasteiger partial charge in [-0.3, -0.25) is 0 Å². The second-order valence-electron chi connectivity index (χ2n) is 2.09. The summed E-state index contributed by atoms with van der Waals surface area (Å²) < 4.78 is 0. The first kappa shape index (κ1) is 7.63. The van der Waals surface area contributed by atoms with Crippen molar-refractivity contribution < 1.29 is 9.90 Å². The van der Waals surface area contributed by atoms with Crippen LogP contribution in [0.25, 0.3) is 0 Å². The molecule has 1 N–H and O–H groups in total. The molecular formula is C6H12O2. The molecular weight excluding hydrogens is 104 g/mol. The quantitative estimate of drug-likeness (QED) is 0.590. The summed E-state index contributed by atoms with van der Waals surface area (Å²) in [5, 5.41) is 8.65. The molecule has 2 nitrogen and oxygen atoms in total. The van der Waals surface area contributed by atoms with Crippen LogP contribution >= 0.6 is 0 Å². The van der Waals surface area contributed by atoms with E-state index < -0.39 is 0 Å². The summed E-state index contributed by atoms with van der Waals surface area (Å²) in [5.41, 5.74) is 0. The lowest BCUT2D eigenvalue weighted by molar-refractivity contribution is -0.117. The molecule has 0 aromatic rings. The van der Waals surface area contributed by atoms with Crippen molar-refractivity contribution in [2.45, 2.75) is 32.8 Å². The highest BCUT2D eigenvalue weighted by atomic mass is 16.3. The van der Waals surface area contributed by atoms with E-state index in [1.807, 2.05) is 0 Å². The van der Waals surface area contributed by atoms with E-state index in [0.717, 1.165) is 0 Å². The van der Waals surface area contributed by atoms with Crippen molar-refractivity contribution in [3.63, 3.8) is 0 Å². The topological polar surface area (TPSA) is 37.3 Å². The summed E-state index contributed by atoms with van der Waals surface area (Å²) in [6.07, 6.45) is 0.756. The number of aliphatic hydroxyl groups is 1. The van der Waals surface area contributed by atoms with Gasteiger partial charge >= 0.3 is 0 Å². The minimum absolute atomic E-state index is 0.144. The average molecular weight is 116 g/mol. The van der Waals surface area contributed by atoms with E-state index >= 15 is 0 Å². The van der Waals surface area contributed by atoms with Gasteiger partial charge in [0.05, 0.1) is 6.10 Å². The molecule has 0 aromatic heterocycles. The van der Waals surface area contributed by atoms with Crippen molar-refractivity contribution in [1.82, 2.24) is 0 Å². The van der Waals surface area contributed by atoms with Crippen LogP contribution in [0.4, 0.5) is 0 Å². The van der Waals surface area contributed by atoms with Gasteiger partial charge in [-0.25, -0.2) is 0 Å². The first-order chi connectivity index (χ1) is 3.63. The Kier molecular flexibility index (Phi) is 3.44. The van der Waals surface area contributed by atoms with Gasteiger partial charge in [0.25, 0.3) is 0 Å². The largest absolute Gasteiger partial charge is 0.393 e. The van der Waals surface area contributed by atoms with Gasteiger partial charge in [0.2, 0.25) is 0 Å². The summed E-state index contributed by atoms with van der Waals surface area (Å²) >= 11 is 0. The van der Waals surface area contributed by atoms with Crippen LogP contribution in [-0.4, -0.2) is 17.0 Å². The van der Waals surface area contributed by atoms with Crippen molar-refractivity contribution >= 4 is 5.78 Å². The molecule has 0 bridgehead atoms. The van der Waals surface area contributed by atoms with E-state index in [1.54, 1.807) is 6.92 Å². The first-order valence-electron chi connectivity index (χ1n) is 2.80. The van der Waals surface area contributed by atoms with Crippen LogP contribution in [0.5, 0.6) is 0 Å². The van der Waals surface area contributed by atoms with Crippen molar-refractivity contribution in [2.24, 2.45) is 0 Å². The maximum atomic E-state index is 10.2. The smallest absolute Gasteiger partial charge is 0.129 e. The number of ketones is 1. The monoisotopic (exact) mass is 116 g/mol. The van der Waals surface area contributed by atoms with Gasteiger partial charge in [0, 0.05) is 6.42 Å². The fourth-order valence-corrected chi connectivity index (χ4v) is 0.412. The van der Waals surface area contributed by atoms with Gasteiger partial charge in [-0.05, 0) is 20.3 Å². The van der Waals surface area contributed by atoms with E-state index in [4.69, 9.17) is 5.11 Å². The molecule has 0 aliphatic carbocycles. The highest BCUT2D eigenvalue weighted by Gasteiger charge is 1.96. The second kappa shape index (κ2) is 3.61. The predicted octanol–water partition coefficient (Wildman–Crippen LogP) is 0.736. The van der Waals surface area contributed by atoms with Gasteiger partial charge < -0.3 is 9.90 Å². The zero-order valence-corrected chi connectivity index (χ0v) is 5.35. The van der Waals surface area contributed by atoms with Crippen molar-refractivity contribution in [3.05, 3.63) is 0 Å². The van der Waals surface area contributed by atoms with E-state index in [2.05, 4.69) is 0 Å². The van der Waals surface area contributed by atoms with Gasteiger partial charge in [-0.2, -0.15) is 0 Å². The normalized spacial score (nSPS) is 13.4. The van der Waals surface area contributed by atoms with Crippen molar-refractivity contribution in [3.8, 4) is 0 Å². The third-order valence-corrected chi connectivity index (χ3v) is 0.914. The maximum Gasteiger partial charge on any atom is 0.129 e. The number of aliphatic hydroxyl groups excluding tert-OH is 1. The lowest BCUT2D eigenvalue weighted by Crippen LogP contribution is -2.01. The van der Waals surface area contributed by atoms with Gasteiger partial charge in [0.1, 0.15) is 5.78 Å². The highest BCUT2D eigenvalue weighted by molar-refractivity contribution is 5.75. The fraction of sp³-hybridized carbons (Fsp3) is 0.833. The average Bonchev–Trinajstić information content (AvgIpc) is 1.61. The molecule has 0 fully saturated rings. The van der Waals surface area contributed by atoms with Gasteiger partial charge in [0.15, 0.2) is 0 Å². The summed E-state index contributed by atoms with van der Waals surface area (Å²) in [6, 6.07) is 0. The summed E-state index contributed by atoms with van der Waals surface area (Å²) in [7, 11) is 0. The molecule has 0 heterocycles. The SMILES string of the molecule is CC(=O)CCC(C)O. The van der Waals surface area contributed by atoms with Gasteiger partial charge in [-0.1, -0.05) is 0 Å². The lowest BCUT2D eigenvalue weighted by Gasteiger charge is -1.98. The maximum absolute atomic E-state index is 10.2. The molecule has 0 amide bonds. The lowest BCUT2D eigenvalue weighted by atomic mass is 10.2. The standard InChI is InChI=1S/C6H12O2/c1-5(7)3-4-6(2)8/h5,7H,3-4H2,1-2H3. The van der Waals surface area contributed by atoms with E-state index in [-0.39, 0.29) is 11.9 Å². The Hall–Kier alpha value is -0.370. The third-order valence-electron chi connectivity index (χ3n) is 0.914. The number of hydrogen-bond acceptors (Lipinski definition) is 2. The Morgan fingerprint density at radius 2 is 2.25 bits per heavy atom. The van der Waals surface area contributed by atoms with E-state index in [9.17, 15) is 4.79 Å². The summed E-state index contributed by atoms with van der Waals surface area (Å²) in [4.78, 5) is 10.2. The molecule has 1 atom stereocenters. The van der Waals surface area contributed by atoms with E-state index in [0.29, 0.717) is 12.8 Å². The Labute approximate surface area is 49.5 Å². The molecule has 0 radical (unpaired) electrons. The Morgan fingerprint density at radius 3 is 2.38 bits per heavy atom. The van der Waals surface area contributed by atoms with Crippen LogP contribution in [0.15, 0.2) is 0 Å². The molecule has 0 saturated heterocycles. The Balaban J connectivity index is 3.05. The van der Waals surface area contributed by atoms with Crippen LogP contribution < -0.4 is 0 Å². The molecule has 0 aliphatic heterocycles. The summed E-state index contributed by atoms with van der Waals surface area (Å²) in [6.45, 7) is 3.21. The van der Waals surface area contributed by atoms with Crippen LogP contribution in [0.3, 0.4) is 0 Å². The third kappa shape index (κ3) is 5.63. The number of Topliss-reactive ketones (excluding diaryl/α,β-unsaturated/α-hetero) is 1. The van der Waals surface area contributed by atoms with Crippen LogP contribution in [0.2, 0.25) is 0 Å². The zero-order valence-electron chi connectivity index (χ0n) is 5.35. The Bertz CT molecular complexity index is 76.6. The molecule has 0 saturated carbocycles. The molecule has 1 unspecified atom stereocenters. The Morgan fingerprint density at radius 1 is 1.75 bits per heavy atom. The van der Waals surface area contributed by atoms with Gasteiger partial charge in [-0.15, -0.1) is 0 Å².